The molecule has 1 aromatic heterocycles. The molecule has 138 valence electrons. The Bertz CT molecular complexity index is 790. The average molecular weight is 379 g/mol. The van der Waals surface area contributed by atoms with E-state index in [0.29, 0.717) is 37.9 Å². The number of ether oxygens (including phenoxy) is 1. The number of rotatable bonds is 4. The molecule has 1 fully saturated rings. The number of piperazine rings is 1. The zero-order valence-electron chi connectivity index (χ0n) is 14.7. The van der Waals surface area contributed by atoms with Crippen molar-refractivity contribution >= 4 is 23.3 Å². The lowest BCUT2D eigenvalue weighted by atomic mass is 10.1. The van der Waals surface area contributed by atoms with Crippen LogP contribution in [0, 0.1) is 12.7 Å². The summed E-state index contributed by atoms with van der Waals surface area (Å²) in [4.78, 5) is 24.9. The minimum absolute atomic E-state index is 0.0358. The van der Waals surface area contributed by atoms with Crippen molar-refractivity contribution in [1.29, 1.82) is 0 Å². The van der Waals surface area contributed by atoms with Crippen LogP contribution in [-0.2, 0) is 11.2 Å². The SMILES string of the molecule is COc1cc(N2CCN(C(=O)Cc3c(F)cccc3Cl)CC2)nc(C)n1. The summed E-state index contributed by atoms with van der Waals surface area (Å²) in [5, 5.41) is 0.278. The topological polar surface area (TPSA) is 58.6 Å². The molecule has 1 aliphatic rings. The van der Waals surface area contributed by atoms with Crippen LogP contribution in [0.15, 0.2) is 24.3 Å². The summed E-state index contributed by atoms with van der Waals surface area (Å²) in [6.45, 7) is 4.16. The van der Waals surface area contributed by atoms with E-state index in [1.165, 1.54) is 12.1 Å². The van der Waals surface area contributed by atoms with E-state index in [1.54, 1.807) is 24.1 Å². The van der Waals surface area contributed by atoms with Crippen LogP contribution in [0.1, 0.15) is 11.4 Å². The molecule has 1 amide bonds. The zero-order chi connectivity index (χ0) is 18.7. The van der Waals surface area contributed by atoms with Gasteiger partial charge in [-0.1, -0.05) is 17.7 Å². The fourth-order valence-electron chi connectivity index (χ4n) is 2.94. The fourth-order valence-corrected chi connectivity index (χ4v) is 3.17. The predicted octanol–water partition coefficient (Wildman–Crippen LogP) is 2.48. The van der Waals surface area contributed by atoms with Gasteiger partial charge in [0.25, 0.3) is 0 Å². The van der Waals surface area contributed by atoms with Crippen molar-refractivity contribution in [3.8, 4) is 5.88 Å². The standard InChI is InChI=1S/C18H20ClFN4O2/c1-12-21-16(11-17(22-12)26-2)23-6-8-24(9-7-23)18(25)10-13-14(19)4-3-5-15(13)20/h3-5,11H,6-10H2,1-2H3. The van der Waals surface area contributed by atoms with Gasteiger partial charge >= 0.3 is 0 Å². The van der Waals surface area contributed by atoms with Crippen LogP contribution in [-0.4, -0.2) is 54.1 Å². The molecule has 0 radical (unpaired) electrons. The summed E-state index contributed by atoms with van der Waals surface area (Å²) in [7, 11) is 1.57. The number of hydrogen-bond donors (Lipinski definition) is 0. The largest absolute Gasteiger partial charge is 0.481 e. The molecule has 3 rings (SSSR count). The number of aryl methyl sites for hydroxylation is 1. The fraction of sp³-hybridized carbons (Fsp3) is 0.389. The van der Waals surface area contributed by atoms with Crippen LogP contribution in [0.5, 0.6) is 5.88 Å². The molecule has 2 heterocycles. The average Bonchev–Trinajstić information content (AvgIpc) is 2.64. The second-order valence-electron chi connectivity index (χ2n) is 6.06. The minimum Gasteiger partial charge on any atom is -0.481 e. The molecule has 0 spiro atoms. The van der Waals surface area contributed by atoms with Gasteiger partial charge in [-0.3, -0.25) is 4.79 Å². The Morgan fingerprint density at radius 1 is 1.27 bits per heavy atom. The molecule has 1 aliphatic heterocycles. The highest BCUT2D eigenvalue weighted by atomic mass is 35.5. The molecule has 6 nitrogen and oxygen atoms in total. The van der Waals surface area contributed by atoms with Crippen molar-refractivity contribution in [2.24, 2.45) is 0 Å². The van der Waals surface area contributed by atoms with E-state index in [0.717, 1.165) is 5.82 Å². The first-order chi connectivity index (χ1) is 12.5. The minimum atomic E-state index is -0.451. The second-order valence-corrected chi connectivity index (χ2v) is 6.47. The lowest BCUT2D eigenvalue weighted by molar-refractivity contribution is -0.130. The summed E-state index contributed by atoms with van der Waals surface area (Å²) >= 11 is 6.01. The Labute approximate surface area is 156 Å². The molecular formula is C18H20ClFN4O2. The molecule has 8 heteroatoms. The number of carbonyl (C=O) groups excluding carboxylic acids is 1. The summed E-state index contributed by atoms with van der Waals surface area (Å²) < 4.78 is 19.1. The first kappa shape index (κ1) is 18.4. The summed E-state index contributed by atoms with van der Waals surface area (Å²) in [5.74, 6) is 1.34. The lowest BCUT2D eigenvalue weighted by Gasteiger charge is -2.35. The van der Waals surface area contributed by atoms with Crippen LogP contribution < -0.4 is 9.64 Å². The number of aromatic nitrogens is 2. The maximum absolute atomic E-state index is 13.9. The van der Waals surface area contributed by atoms with E-state index >= 15 is 0 Å². The van der Waals surface area contributed by atoms with Gasteiger partial charge in [0, 0.05) is 42.8 Å². The van der Waals surface area contributed by atoms with Crippen molar-refractivity contribution in [2.75, 3.05) is 38.2 Å². The van der Waals surface area contributed by atoms with Crippen molar-refractivity contribution in [3.63, 3.8) is 0 Å². The van der Waals surface area contributed by atoms with E-state index in [1.807, 2.05) is 6.92 Å². The van der Waals surface area contributed by atoms with E-state index in [2.05, 4.69) is 14.9 Å². The van der Waals surface area contributed by atoms with Crippen molar-refractivity contribution in [2.45, 2.75) is 13.3 Å². The molecule has 26 heavy (non-hydrogen) atoms. The third-order valence-electron chi connectivity index (χ3n) is 4.36. The number of methoxy groups -OCH3 is 1. The molecular weight excluding hydrogens is 359 g/mol. The lowest BCUT2D eigenvalue weighted by Crippen LogP contribution is -2.49. The van der Waals surface area contributed by atoms with Crippen molar-refractivity contribution < 1.29 is 13.9 Å². The highest BCUT2D eigenvalue weighted by molar-refractivity contribution is 6.31. The van der Waals surface area contributed by atoms with Gasteiger partial charge in [0.05, 0.1) is 13.5 Å². The Hall–Kier alpha value is -2.41. The van der Waals surface area contributed by atoms with Gasteiger partial charge in [-0.05, 0) is 19.1 Å². The summed E-state index contributed by atoms with van der Waals surface area (Å²) in [6, 6.07) is 6.22. The number of halogens is 2. The molecule has 0 atom stereocenters. The Morgan fingerprint density at radius 2 is 2.00 bits per heavy atom. The molecule has 1 aromatic carbocycles. The van der Waals surface area contributed by atoms with Gasteiger partial charge in [0.1, 0.15) is 17.5 Å². The van der Waals surface area contributed by atoms with Crippen LogP contribution in [0.4, 0.5) is 10.2 Å². The molecule has 0 unspecified atom stereocenters. The number of carbonyl (C=O) groups is 1. The Morgan fingerprint density at radius 3 is 2.65 bits per heavy atom. The number of anilines is 1. The quantitative estimate of drug-likeness (QED) is 0.818. The molecule has 0 aliphatic carbocycles. The van der Waals surface area contributed by atoms with E-state index < -0.39 is 5.82 Å². The number of nitrogens with zero attached hydrogens (tertiary/aromatic N) is 4. The van der Waals surface area contributed by atoms with Gasteiger partial charge in [0.15, 0.2) is 0 Å². The number of hydrogen-bond acceptors (Lipinski definition) is 5. The van der Waals surface area contributed by atoms with Crippen LogP contribution in [0.25, 0.3) is 0 Å². The van der Waals surface area contributed by atoms with Crippen LogP contribution in [0.2, 0.25) is 5.02 Å². The molecule has 2 aromatic rings. The van der Waals surface area contributed by atoms with Crippen LogP contribution >= 0.6 is 11.6 Å². The summed E-state index contributed by atoms with van der Waals surface area (Å²) in [6.07, 6.45) is -0.0358. The van der Waals surface area contributed by atoms with E-state index in [-0.39, 0.29) is 22.9 Å². The normalized spacial score (nSPS) is 14.5. The summed E-state index contributed by atoms with van der Waals surface area (Å²) in [5.41, 5.74) is 0.248. The maximum Gasteiger partial charge on any atom is 0.227 e. The van der Waals surface area contributed by atoms with Gasteiger partial charge in [-0.15, -0.1) is 0 Å². The first-order valence-electron chi connectivity index (χ1n) is 8.33. The number of benzene rings is 1. The molecule has 1 saturated heterocycles. The number of amides is 1. The molecule has 0 saturated carbocycles. The maximum atomic E-state index is 13.9. The molecule has 0 bridgehead atoms. The Balaban J connectivity index is 1.63. The highest BCUT2D eigenvalue weighted by Crippen LogP contribution is 2.22. The molecule has 0 N–H and O–H groups in total. The first-order valence-corrected chi connectivity index (χ1v) is 8.71. The smallest absolute Gasteiger partial charge is 0.227 e. The third kappa shape index (κ3) is 4.04. The Kier molecular flexibility index (Phi) is 5.56. The highest BCUT2D eigenvalue weighted by Gasteiger charge is 2.24. The van der Waals surface area contributed by atoms with Gasteiger partial charge < -0.3 is 14.5 Å². The predicted molar refractivity (Wildman–Crippen MR) is 97.2 cm³/mol. The van der Waals surface area contributed by atoms with Crippen molar-refractivity contribution in [1.82, 2.24) is 14.9 Å². The van der Waals surface area contributed by atoms with Crippen LogP contribution in [0.3, 0.4) is 0 Å². The third-order valence-corrected chi connectivity index (χ3v) is 4.71. The van der Waals surface area contributed by atoms with Gasteiger partial charge in [-0.2, -0.15) is 4.98 Å². The van der Waals surface area contributed by atoms with Crippen molar-refractivity contribution in [3.05, 3.63) is 46.5 Å². The second kappa shape index (κ2) is 7.86. The van der Waals surface area contributed by atoms with Gasteiger partial charge in [-0.25, -0.2) is 9.37 Å². The van der Waals surface area contributed by atoms with E-state index in [9.17, 15) is 9.18 Å². The van der Waals surface area contributed by atoms with Gasteiger partial charge in [0.2, 0.25) is 11.8 Å². The zero-order valence-corrected chi connectivity index (χ0v) is 15.5. The monoisotopic (exact) mass is 378 g/mol. The van der Waals surface area contributed by atoms with E-state index in [4.69, 9.17) is 16.3 Å².